The number of nitrogens with zero attached hydrogens (tertiary/aromatic N) is 2. The number of halogens is 1. The Labute approximate surface area is 124 Å². The SMILES string of the molecule is COC(=O)c1ccnc(Oc2c(Cl)cccc2[N+](=O)[O-])c1. The number of benzene rings is 1. The third kappa shape index (κ3) is 3.26. The van der Waals surface area contributed by atoms with Crippen LogP contribution < -0.4 is 4.74 Å². The van der Waals surface area contributed by atoms with Crippen LogP contribution in [0.5, 0.6) is 11.6 Å². The number of aromatic nitrogens is 1. The van der Waals surface area contributed by atoms with Crippen molar-refractivity contribution in [1.82, 2.24) is 4.98 Å². The molecule has 0 radical (unpaired) electrons. The lowest BCUT2D eigenvalue weighted by molar-refractivity contribution is -0.385. The van der Waals surface area contributed by atoms with Crippen LogP contribution in [0.2, 0.25) is 5.02 Å². The van der Waals surface area contributed by atoms with E-state index in [4.69, 9.17) is 16.3 Å². The van der Waals surface area contributed by atoms with Crippen molar-refractivity contribution in [3.63, 3.8) is 0 Å². The molecule has 0 fully saturated rings. The molecular weight excluding hydrogens is 300 g/mol. The predicted molar refractivity (Wildman–Crippen MR) is 73.8 cm³/mol. The lowest BCUT2D eigenvalue weighted by Gasteiger charge is -2.07. The molecular formula is C13H9ClN2O5. The number of para-hydroxylation sites is 1. The number of esters is 1. The molecule has 2 aromatic rings. The Morgan fingerprint density at radius 3 is 2.81 bits per heavy atom. The van der Waals surface area contributed by atoms with Gasteiger partial charge in [0.15, 0.2) is 0 Å². The van der Waals surface area contributed by atoms with Gasteiger partial charge in [0.2, 0.25) is 11.6 Å². The molecule has 0 saturated carbocycles. The summed E-state index contributed by atoms with van der Waals surface area (Å²) in [6.07, 6.45) is 1.32. The smallest absolute Gasteiger partial charge is 0.338 e. The normalized spacial score (nSPS) is 10.0. The van der Waals surface area contributed by atoms with Gasteiger partial charge in [-0.25, -0.2) is 9.78 Å². The number of nitro benzene ring substituents is 1. The number of carbonyl (C=O) groups is 1. The maximum atomic E-state index is 11.4. The number of nitro groups is 1. The summed E-state index contributed by atoms with van der Waals surface area (Å²) in [6.45, 7) is 0. The highest BCUT2D eigenvalue weighted by atomic mass is 35.5. The molecule has 21 heavy (non-hydrogen) atoms. The molecule has 0 spiro atoms. The molecule has 0 atom stereocenters. The van der Waals surface area contributed by atoms with E-state index in [0.29, 0.717) is 0 Å². The molecule has 1 heterocycles. The van der Waals surface area contributed by atoms with Gasteiger partial charge >= 0.3 is 11.7 Å². The van der Waals surface area contributed by atoms with Crippen molar-refractivity contribution in [3.05, 3.63) is 57.2 Å². The number of ether oxygens (including phenoxy) is 2. The molecule has 7 nitrogen and oxygen atoms in total. The van der Waals surface area contributed by atoms with E-state index < -0.39 is 10.9 Å². The van der Waals surface area contributed by atoms with E-state index in [0.717, 1.165) is 0 Å². The molecule has 1 aromatic heterocycles. The van der Waals surface area contributed by atoms with Gasteiger partial charge in [-0.05, 0) is 12.1 Å². The number of hydrogen-bond donors (Lipinski definition) is 0. The fourth-order valence-electron chi connectivity index (χ4n) is 1.56. The van der Waals surface area contributed by atoms with Crippen LogP contribution in [0.1, 0.15) is 10.4 Å². The largest absolute Gasteiger partial charge is 0.465 e. The summed E-state index contributed by atoms with van der Waals surface area (Å²) in [5.74, 6) is -0.719. The summed E-state index contributed by atoms with van der Waals surface area (Å²) in [7, 11) is 1.24. The Morgan fingerprint density at radius 1 is 1.38 bits per heavy atom. The number of rotatable bonds is 4. The Morgan fingerprint density at radius 2 is 2.14 bits per heavy atom. The second kappa shape index (κ2) is 6.19. The quantitative estimate of drug-likeness (QED) is 0.489. The molecule has 0 aliphatic heterocycles. The average molecular weight is 309 g/mol. The van der Waals surface area contributed by atoms with Gasteiger partial charge in [0.05, 0.1) is 22.6 Å². The van der Waals surface area contributed by atoms with Crippen molar-refractivity contribution in [3.8, 4) is 11.6 Å². The van der Waals surface area contributed by atoms with Crippen LogP contribution in [-0.4, -0.2) is 23.0 Å². The van der Waals surface area contributed by atoms with Crippen molar-refractivity contribution in [2.24, 2.45) is 0 Å². The molecule has 0 aliphatic carbocycles. The molecule has 0 unspecified atom stereocenters. The third-order valence-electron chi connectivity index (χ3n) is 2.51. The summed E-state index contributed by atoms with van der Waals surface area (Å²) in [5, 5.41) is 11.0. The standard InChI is InChI=1S/C13H9ClN2O5/c1-20-13(17)8-5-6-15-11(7-8)21-12-9(14)3-2-4-10(12)16(18)19/h2-7H,1H3. The second-order valence-electron chi connectivity index (χ2n) is 3.82. The van der Waals surface area contributed by atoms with Gasteiger partial charge in [-0.1, -0.05) is 17.7 Å². The zero-order chi connectivity index (χ0) is 15.4. The summed E-state index contributed by atoms with van der Waals surface area (Å²) in [4.78, 5) is 25.6. The zero-order valence-electron chi connectivity index (χ0n) is 10.8. The monoisotopic (exact) mass is 308 g/mol. The van der Waals surface area contributed by atoms with E-state index >= 15 is 0 Å². The minimum absolute atomic E-state index is 0.00546. The van der Waals surface area contributed by atoms with Crippen LogP contribution in [0.3, 0.4) is 0 Å². The first kappa shape index (κ1) is 14.7. The second-order valence-corrected chi connectivity index (χ2v) is 4.23. The number of hydrogen-bond acceptors (Lipinski definition) is 6. The lowest BCUT2D eigenvalue weighted by atomic mass is 10.2. The van der Waals surface area contributed by atoms with Gasteiger partial charge in [0.1, 0.15) is 0 Å². The molecule has 2 rings (SSSR count). The van der Waals surface area contributed by atoms with Crippen molar-refractivity contribution in [1.29, 1.82) is 0 Å². The third-order valence-corrected chi connectivity index (χ3v) is 2.80. The van der Waals surface area contributed by atoms with Crippen LogP contribution >= 0.6 is 11.6 Å². The number of methoxy groups -OCH3 is 1. The topological polar surface area (TPSA) is 91.6 Å². The molecule has 0 amide bonds. The average Bonchev–Trinajstić information content (AvgIpc) is 2.48. The summed E-state index contributed by atoms with van der Waals surface area (Å²) in [6, 6.07) is 6.88. The van der Waals surface area contributed by atoms with Crippen LogP contribution in [0.25, 0.3) is 0 Å². The minimum Gasteiger partial charge on any atom is -0.465 e. The van der Waals surface area contributed by atoms with Crippen molar-refractivity contribution in [2.75, 3.05) is 7.11 Å². The van der Waals surface area contributed by atoms with Crippen molar-refractivity contribution < 1.29 is 19.2 Å². The van der Waals surface area contributed by atoms with E-state index in [1.165, 1.54) is 43.6 Å². The fourth-order valence-corrected chi connectivity index (χ4v) is 1.77. The Bertz CT molecular complexity index is 705. The molecule has 0 aliphatic rings. The Hall–Kier alpha value is -2.67. The first-order valence-corrected chi connectivity index (χ1v) is 6.06. The first-order valence-electron chi connectivity index (χ1n) is 5.68. The van der Waals surface area contributed by atoms with E-state index in [1.54, 1.807) is 0 Å². The lowest BCUT2D eigenvalue weighted by Crippen LogP contribution is -2.02. The first-order chi connectivity index (χ1) is 10.0. The van der Waals surface area contributed by atoms with Gasteiger partial charge in [0.25, 0.3) is 0 Å². The van der Waals surface area contributed by atoms with Crippen LogP contribution in [0.4, 0.5) is 5.69 Å². The molecule has 0 N–H and O–H groups in total. The minimum atomic E-state index is -0.620. The molecule has 0 saturated heterocycles. The van der Waals surface area contributed by atoms with Crippen molar-refractivity contribution in [2.45, 2.75) is 0 Å². The van der Waals surface area contributed by atoms with Crippen molar-refractivity contribution >= 4 is 23.3 Å². The predicted octanol–water partition coefficient (Wildman–Crippen LogP) is 3.22. The molecule has 108 valence electrons. The maximum absolute atomic E-state index is 11.4. The number of pyridine rings is 1. The summed E-state index contributed by atoms with van der Waals surface area (Å²) < 4.78 is 9.91. The van der Waals surface area contributed by atoms with Crippen LogP contribution in [0, 0.1) is 10.1 Å². The summed E-state index contributed by atoms with van der Waals surface area (Å²) >= 11 is 5.90. The number of carbonyl (C=O) groups excluding carboxylic acids is 1. The van der Waals surface area contributed by atoms with E-state index in [-0.39, 0.29) is 27.9 Å². The molecule has 1 aromatic carbocycles. The van der Waals surface area contributed by atoms with Crippen LogP contribution in [0.15, 0.2) is 36.5 Å². The molecule has 8 heteroatoms. The zero-order valence-corrected chi connectivity index (χ0v) is 11.5. The van der Waals surface area contributed by atoms with Crippen LogP contribution in [-0.2, 0) is 4.74 Å². The highest BCUT2D eigenvalue weighted by Crippen LogP contribution is 2.37. The van der Waals surface area contributed by atoms with Gasteiger partial charge in [-0.3, -0.25) is 10.1 Å². The summed E-state index contributed by atoms with van der Waals surface area (Å²) in [5.41, 5.74) is -0.0926. The van der Waals surface area contributed by atoms with E-state index in [1.807, 2.05) is 0 Å². The van der Waals surface area contributed by atoms with E-state index in [9.17, 15) is 14.9 Å². The van der Waals surface area contributed by atoms with Gasteiger partial charge in [-0.2, -0.15) is 0 Å². The van der Waals surface area contributed by atoms with E-state index in [2.05, 4.69) is 9.72 Å². The molecule has 0 bridgehead atoms. The highest BCUT2D eigenvalue weighted by Gasteiger charge is 2.20. The van der Waals surface area contributed by atoms with Gasteiger partial charge in [0, 0.05) is 18.3 Å². The Kier molecular flexibility index (Phi) is 4.34. The maximum Gasteiger partial charge on any atom is 0.338 e. The highest BCUT2D eigenvalue weighted by molar-refractivity contribution is 6.32. The van der Waals surface area contributed by atoms with Gasteiger partial charge < -0.3 is 9.47 Å². The van der Waals surface area contributed by atoms with Gasteiger partial charge in [-0.15, -0.1) is 0 Å². The fraction of sp³-hybridized carbons (Fsp3) is 0.0769. The Balaban J connectivity index is 2.39.